The standard InChI is InChI=1S/C14H15Br2N3O/c1-7-2-3-8(4-7)13-18-14(20-19-13)10-5-9(15)6-11(16)12(10)17/h5-8H,2-4,17H2,1H3. The molecule has 1 saturated carbocycles. The molecule has 1 heterocycles. The van der Waals surface area contributed by atoms with Gasteiger partial charge < -0.3 is 10.3 Å². The second-order valence-electron chi connectivity index (χ2n) is 5.42. The lowest BCUT2D eigenvalue weighted by molar-refractivity contribution is 0.415. The molecule has 6 heteroatoms. The maximum absolute atomic E-state index is 6.07. The first kappa shape index (κ1) is 14.1. The fourth-order valence-electron chi connectivity index (χ4n) is 2.71. The van der Waals surface area contributed by atoms with E-state index in [-0.39, 0.29) is 0 Å². The Balaban J connectivity index is 1.94. The van der Waals surface area contributed by atoms with Crippen LogP contribution in [0, 0.1) is 5.92 Å². The molecule has 3 rings (SSSR count). The van der Waals surface area contributed by atoms with E-state index in [1.165, 1.54) is 6.42 Å². The summed E-state index contributed by atoms with van der Waals surface area (Å²) in [6.45, 7) is 2.27. The Bertz CT molecular complexity index is 641. The average molecular weight is 401 g/mol. The molecule has 0 saturated heterocycles. The SMILES string of the molecule is CC1CCC(c2noc(-c3cc(Br)cc(Br)c3N)n2)C1. The van der Waals surface area contributed by atoms with Crippen molar-refractivity contribution < 1.29 is 4.52 Å². The monoisotopic (exact) mass is 399 g/mol. The molecular formula is C14H15Br2N3O. The Morgan fingerprint density at radius 3 is 2.80 bits per heavy atom. The highest BCUT2D eigenvalue weighted by Crippen LogP contribution is 2.39. The second-order valence-corrected chi connectivity index (χ2v) is 7.19. The van der Waals surface area contributed by atoms with Gasteiger partial charge in [0.15, 0.2) is 5.82 Å². The number of nitrogens with zero attached hydrogens (tertiary/aromatic N) is 2. The van der Waals surface area contributed by atoms with Crippen molar-refractivity contribution in [3.8, 4) is 11.5 Å². The highest BCUT2D eigenvalue weighted by atomic mass is 79.9. The van der Waals surface area contributed by atoms with Gasteiger partial charge in [0.05, 0.1) is 11.3 Å². The summed E-state index contributed by atoms with van der Waals surface area (Å²) >= 11 is 6.88. The van der Waals surface area contributed by atoms with Crippen LogP contribution in [0.5, 0.6) is 0 Å². The molecule has 0 spiro atoms. The predicted octanol–water partition coefficient (Wildman–Crippen LogP) is 4.75. The lowest BCUT2D eigenvalue weighted by atomic mass is 10.1. The molecule has 1 fully saturated rings. The molecule has 20 heavy (non-hydrogen) atoms. The summed E-state index contributed by atoms with van der Waals surface area (Å²) in [5.41, 5.74) is 7.45. The lowest BCUT2D eigenvalue weighted by Crippen LogP contribution is -1.96. The van der Waals surface area contributed by atoms with E-state index in [9.17, 15) is 0 Å². The summed E-state index contributed by atoms with van der Waals surface area (Å²) in [6.07, 6.45) is 3.51. The molecule has 2 aromatic rings. The third-order valence-electron chi connectivity index (χ3n) is 3.83. The first-order valence-corrected chi connectivity index (χ1v) is 8.21. The number of anilines is 1. The largest absolute Gasteiger partial charge is 0.397 e. The summed E-state index contributed by atoms with van der Waals surface area (Å²) in [5, 5.41) is 4.14. The van der Waals surface area contributed by atoms with Crippen molar-refractivity contribution in [2.75, 3.05) is 5.73 Å². The van der Waals surface area contributed by atoms with E-state index in [4.69, 9.17) is 10.3 Å². The van der Waals surface area contributed by atoms with Gasteiger partial charge >= 0.3 is 0 Å². The summed E-state index contributed by atoms with van der Waals surface area (Å²) in [7, 11) is 0. The second kappa shape index (κ2) is 5.48. The van der Waals surface area contributed by atoms with Gasteiger partial charge in [0.1, 0.15) is 0 Å². The van der Waals surface area contributed by atoms with Crippen LogP contribution in [0.15, 0.2) is 25.6 Å². The molecule has 4 nitrogen and oxygen atoms in total. The third kappa shape index (κ3) is 2.63. The molecule has 2 atom stereocenters. The van der Waals surface area contributed by atoms with Crippen LogP contribution in [0.3, 0.4) is 0 Å². The Labute approximate surface area is 134 Å². The van der Waals surface area contributed by atoms with Crippen LogP contribution >= 0.6 is 31.9 Å². The molecular weight excluding hydrogens is 386 g/mol. The molecule has 0 bridgehead atoms. The summed E-state index contributed by atoms with van der Waals surface area (Å²) in [5.74, 6) is 2.45. The quantitative estimate of drug-likeness (QED) is 0.738. The van der Waals surface area contributed by atoms with Crippen LogP contribution in [-0.2, 0) is 0 Å². The highest BCUT2D eigenvalue weighted by Gasteiger charge is 2.27. The number of halogens is 2. The highest BCUT2D eigenvalue weighted by molar-refractivity contribution is 9.11. The Morgan fingerprint density at radius 2 is 2.10 bits per heavy atom. The number of nitrogen functional groups attached to an aromatic ring is 1. The van der Waals surface area contributed by atoms with Crippen LogP contribution in [0.2, 0.25) is 0 Å². The van der Waals surface area contributed by atoms with Crippen LogP contribution in [0.4, 0.5) is 5.69 Å². The number of rotatable bonds is 2. The number of hydrogen-bond acceptors (Lipinski definition) is 4. The number of nitrogens with two attached hydrogens (primary N) is 1. The smallest absolute Gasteiger partial charge is 0.260 e. The zero-order chi connectivity index (χ0) is 14.3. The molecule has 0 aliphatic heterocycles. The molecule has 1 aliphatic rings. The van der Waals surface area contributed by atoms with Gasteiger partial charge in [-0.05, 0) is 53.2 Å². The van der Waals surface area contributed by atoms with Crippen molar-refractivity contribution in [1.29, 1.82) is 0 Å². The average Bonchev–Trinajstić information content (AvgIpc) is 3.02. The molecule has 0 radical (unpaired) electrons. The Morgan fingerprint density at radius 1 is 1.30 bits per heavy atom. The zero-order valence-electron chi connectivity index (χ0n) is 11.1. The topological polar surface area (TPSA) is 64.9 Å². The molecule has 2 N–H and O–H groups in total. The number of hydrogen-bond donors (Lipinski definition) is 1. The minimum Gasteiger partial charge on any atom is -0.397 e. The van der Waals surface area contributed by atoms with Crippen molar-refractivity contribution in [2.24, 2.45) is 5.92 Å². The van der Waals surface area contributed by atoms with Crippen molar-refractivity contribution in [3.05, 3.63) is 26.9 Å². The van der Waals surface area contributed by atoms with Gasteiger partial charge in [-0.2, -0.15) is 4.98 Å². The van der Waals surface area contributed by atoms with E-state index in [0.29, 0.717) is 17.5 Å². The molecule has 2 unspecified atom stereocenters. The summed E-state index contributed by atoms with van der Waals surface area (Å²) in [4.78, 5) is 4.54. The maximum atomic E-state index is 6.07. The van der Waals surface area contributed by atoms with Crippen LogP contribution in [0.25, 0.3) is 11.5 Å². The van der Waals surface area contributed by atoms with Crippen molar-refractivity contribution in [3.63, 3.8) is 0 Å². The molecule has 106 valence electrons. The van der Waals surface area contributed by atoms with E-state index in [2.05, 4.69) is 48.9 Å². The Kier molecular flexibility index (Phi) is 3.86. The minimum atomic E-state index is 0.416. The molecule has 1 aliphatic carbocycles. The van der Waals surface area contributed by atoms with Crippen LogP contribution in [-0.4, -0.2) is 10.1 Å². The predicted molar refractivity (Wildman–Crippen MR) is 85.3 cm³/mol. The minimum absolute atomic E-state index is 0.416. The summed E-state index contributed by atoms with van der Waals surface area (Å²) < 4.78 is 7.14. The summed E-state index contributed by atoms with van der Waals surface area (Å²) in [6, 6.07) is 3.80. The van der Waals surface area contributed by atoms with Gasteiger partial charge in [-0.25, -0.2) is 0 Å². The van der Waals surface area contributed by atoms with Gasteiger partial charge in [0.2, 0.25) is 0 Å². The van der Waals surface area contributed by atoms with E-state index >= 15 is 0 Å². The first-order chi connectivity index (χ1) is 9.54. The van der Waals surface area contributed by atoms with Gasteiger partial charge in [0.25, 0.3) is 5.89 Å². The van der Waals surface area contributed by atoms with Crippen molar-refractivity contribution >= 4 is 37.5 Å². The fraction of sp³-hybridized carbons (Fsp3) is 0.429. The lowest BCUT2D eigenvalue weighted by Gasteiger charge is -2.04. The zero-order valence-corrected chi connectivity index (χ0v) is 14.2. The van der Waals surface area contributed by atoms with Crippen LogP contribution < -0.4 is 5.73 Å². The van der Waals surface area contributed by atoms with Gasteiger partial charge in [0, 0.05) is 14.9 Å². The van der Waals surface area contributed by atoms with E-state index in [1.807, 2.05) is 12.1 Å². The molecule has 1 aromatic heterocycles. The van der Waals surface area contributed by atoms with Crippen molar-refractivity contribution in [1.82, 2.24) is 10.1 Å². The molecule has 1 aromatic carbocycles. The van der Waals surface area contributed by atoms with E-state index in [1.54, 1.807) is 0 Å². The van der Waals surface area contributed by atoms with Gasteiger partial charge in [-0.3, -0.25) is 0 Å². The number of aromatic nitrogens is 2. The normalized spacial score (nSPS) is 22.4. The molecule has 0 amide bonds. The number of benzene rings is 1. The third-order valence-corrected chi connectivity index (χ3v) is 4.94. The van der Waals surface area contributed by atoms with Gasteiger partial charge in [-0.1, -0.05) is 28.0 Å². The fourth-order valence-corrected chi connectivity index (χ4v) is 3.94. The van der Waals surface area contributed by atoms with Crippen LogP contribution in [0.1, 0.15) is 37.9 Å². The first-order valence-electron chi connectivity index (χ1n) is 6.63. The van der Waals surface area contributed by atoms with Gasteiger partial charge in [-0.15, -0.1) is 0 Å². The maximum Gasteiger partial charge on any atom is 0.260 e. The Hall–Kier alpha value is -0.880. The van der Waals surface area contributed by atoms with E-state index in [0.717, 1.165) is 39.1 Å². The van der Waals surface area contributed by atoms with E-state index < -0.39 is 0 Å². The van der Waals surface area contributed by atoms with Crippen molar-refractivity contribution in [2.45, 2.75) is 32.1 Å².